The number of carboxylic acids is 1. The van der Waals surface area contributed by atoms with Crippen LogP contribution in [0.3, 0.4) is 0 Å². The van der Waals surface area contributed by atoms with Gasteiger partial charge in [-0.25, -0.2) is 9.18 Å². The topological polar surface area (TPSA) is 103 Å². The molecule has 1 heterocycles. The SMILES string of the molecule is Cc1c(-c2ccc(C#N)cc2)oc2c([C@H](C)Nc3ccccc3C(=O)O)cc(F)cc2c1=O. The number of aromatic carboxylic acids is 1. The molecule has 4 rings (SSSR count). The van der Waals surface area contributed by atoms with Crippen molar-refractivity contribution in [3.63, 3.8) is 0 Å². The molecular weight excluding hydrogens is 423 g/mol. The van der Waals surface area contributed by atoms with E-state index in [4.69, 9.17) is 9.68 Å². The lowest BCUT2D eigenvalue weighted by Crippen LogP contribution is -2.14. The van der Waals surface area contributed by atoms with Crippen molar-refractivity contribution in [2.24, 2.45) is 0 Å². The second kappa shape index (κ2) is 8.60. The Hall–Kier alpha value is -4.44. The Kier molecular flexibility index (Phi) is 5.67. The first kappa shape index (κ1) is 21.8. The van der Waals surface area contributed by atoms with E-state index in [0.717, 1.165) is 6.07 Å². The highest BCUT2D eigenvalue weighted by atomic mass is 19.1. The van der Waals surface area contributed by atoms with Gasteiger partial charge < -0.3 is 14.8 Å². The fraction of sp³-hybridized carbons (Fsp3) is 0.115. The van der Waals surface area contributed by atoms with Crippen molar-refractivity contribution in [3.05, 3.63) is 99.0 Å². The Morgan fingerprint density at radius 1 is 1.15 bits per heavy atom. The quantitative estimate of drug-likeness (QED) is 0.414. The largest absolute Gasteiger partial charge is 0.478 e. The Bertz CT molecular complexity index is 1480. The van der Waals surface area contributed by atoms with E-state index in [1.807, 2.05) is 6.07 Å². The van der Waals surface area contributed by atoms with Crippen molar-refractivity contribution >= 4 is 22.6 Å². The number of fused-ring (bicyclic) bond motifs is 1. The molecule has 0 aliphatic carbocycles. The average molecular weight is 442 g/mol. The number of nitrogens with zero attached hydrogens (tertiary/aromatic N) is 1. The lowest BCUT2D eigenvalue weighted by atomic mass is 10.00. The van der Waals surface area contributed by atoms with Crippen LogP contribution in [0.2, 0.25) is 0 Å². The van der Waals surface area contributed by atoms with Gasteiger partial charge in [0.25, 0.3) is 0 Å². The molecular formula is C26H19FN2O4. The molecule has 0 radical (unpaired) electrons. The number of hydrogen-bond acceptors (Lipinski definition) is 5. The summed E-state index contributed by atoms with van der Waals surface area (Å²) in [6, 6.07) is 16.9. The summed E-state index contributed by atoms with van der Waals surface area (Å²) in [6.07, 6.45) is 0. The van der Waals surface area contributed by atoms with Gasteiger partial charge in [-0.3, -0.25) is 4.79 Å². The van der Waals surface area contributed by atoms with E-state index in [2.05, 4.69) is 5.32 Å². The van der Waals surface area contributed by atoms with Crippen molar-refractivity contribution in [1.29, 1.82) is 5.26 Å². The molecule has 3 aromatic carbocycles. The van der Waals surface area contributed by atoms with Gasteiger partial charge in [-0.15, -0.1) is 0 Å². The molecule has 7 heteroatoms. The normalized spacial score (nSPS) is 11.7. The fourth-order valence-electron chi connectivity index (χ4n) is 3.78. The van der Waals surface area contributed by atoms with E-state index in [1.165, 1.54) is 12.1 Å². The number of halogens is 1. The summed E-state index contributed by atoms with van der Waals surface area (Å²) in [5, 5.41) is 21.7. The third-order valence-electron chi connectivity index (χ3n) is 5.48. The molecule has 1 aromatic heterocycles. The monoisotopic (exact) mass is 442 g/mol. The van der Waals surface area contributed by atoms with E-state index in [0.29, 0.717) is 33.7 Å². The molecule has 0 saturated heterocycles. The minimum Gasteiger partial charge on any atom is -0.478 e. The van der Waals surface area contributed by atoms with Crippen LogP contribution < -0.4 is 10.7 Å². The van der Waals surface area contributed by atoms with Crippen LogP contribution in [0.25, 0.3) is 22.3 Å². The molecule has 33 heavy (non-hydrogen) atoms. The smallest absolute Gasteiger partial charge is 0.337 e. The Balaban J connectivity index is 1.88. The van der Waals surface area contributed by atoms with Crippen LogP contribution >= 0.6 is 0 Å². The zero-order valence-electron chi connectivity index (χ0n) is 17.8. The van der Waals surface area contributed by atoms with Crippen LogP contribution in [-0.2, 0) is 0 Å². The number of nitriles is 1. The zero-order valence-corrected chi connectivity index (χ0v) is 17.8. The van der Waals surface area contributed by atoms with E-state index in [1.54, 1.807) is 56.3 Å². The summed E-state index contributed by atoms with van der Waals surface area (Å²) in [7, 11) is 0. The molecule has 0 saturated carbocycles. The standard InChI is InChI=1S/C26H19FN2O4/c1-14-23(30)21-12-18(27)11-20(15(2)29-22-6-4-3-5-19(22)26(31)32)25(21)33-24(14)17-9-7-16(13-28)8-10-17/h3-12,15,29H,1-2H3,(H,31,32)/t15-/m0/s1. The highest BCUT2D eigenvalue weighted by molar-refractivity contribution is 5.94. The molecule has 4 aromatic rings. The Morgan fingerprint density at radius 3 is 2.52 bits per heavy atom. The van der Waals surface area contributed by atoms with Crippen LogP contribution in [0.5, 0.6) is 0 Å². The predicted molar refractivity (Wildman–Crippen MR) is 123 cm³/mol. The molecule has 0 amide bonds. The van der Waals surface area contributed by atoms with Crippen molar-refractivity contribution in [2.75, 3.05) is 5.32 Å². The minimum atomic E-state index is -1.10. The van der Waals surface area contributed by atoms with Crippen molar-refractivity contribution in [2.45, 2.75) is 19.9 Å². The van der Waals surface area contributed by atoms with Gasteiger partial charge in [0.2, 0.25) is 0 Å². The molecule has 1 atom stereocenters. The molecule has 0 unspecified atom stereocenters. The summed E-state index contributed by atoms with van der Waals surface area (Å²) in [4.78, 5) is 24.7. The highest BCUT2D eigenvalue weighted by Crippen LogP contribution is 2.32. The lowest BCUT2D eigenvalue weighted by molar-refractivity contribution is 0.0698. The van der Waals surface area contributed by atoms with Crippen LogP contribution in [0, 0.1) is 24.1 Å². The van der Waals surface area contributed by atoms with E-state index < -0.39 is 17.8 Å². The van der Waals surface area contributed by atoms with Gasteiger partial charge >= 0.3 is 5.97 Å². The molecule has 0 aliphatic rings. The first-order chi connectivity index (χ1) is 15.8. The molecule has 0 bridgehead atoms. The number of carbonyl (C=O) groups is 1. The van der Waals surface area contributed by atoms with Crippen LogP contribution in [0.1, 0.15) is 40.0 Å². The van der Waals surface area contributed by atoms with Crippen LogP contribution in [0.15, 0.2) is 69.9 Å². The summed E-state index contributed by atoms with van der Waals surface area (Å²) in [6.45, 7) is 3.34. The van der Waals surface area contributed by atoms with Gasteiger partial charge in [0.1, 0.15) is 17.2 Å². The number of nitrogens with one attached hydrogen (secondary N) is 1. The van der Waals surface area contributed by atoms with Gasteiger partial charge in [0.15, 0.2) is 5.43 Å². The maximum absolute atomic E-state index is 14.5. The lowest BCUT2D eigenvalue weighted by Gasteiger charge is -2.19. The van der Waals surface area contributed by atoms with Crippen LogP contribution in [-0.4, -0.2) is 11.1 Å². The molecule has 2 N–H and O–H groups in total. The predicted octanol–water partition coefficient (Wildman–Crippen LogP) is 5.65. The molecule has 0 fully saturated rings. The first-order valence-corrected chi connectivity index (χ1v) is 10.2. The highest BCUT2D eigenvalue weighted by Gasteiger charge is 2.21. The van der Waals surface area contributed by atoms with Gasteiger partial charge in [0, 0.05) is 22.4 Å². The summed E-state index contributed by atoms with van der Waals surface area (Å²) < 4.78 is 20.6. The maximum atomic E-state index is 14.5. The van der Waals surface area contributed by atoms with Gasteiger partial charge in [-0.2, -0.15) is 5.26 Å². The number of carboxylic acid groups (broad SMARTS) is 1. The van der Waals surface area contributed by atoms with Crippen molar-refractivity contribution in [1.82, 2.24) is 0 Å². The van der Waals surface area contributed by atoms with Crippen molar-refractivity contribution in [3.8, 4) is 17.4 Å². The number of benzene rings is 3. The second-order valence-corrected chi connectivity index (χ2v) is 7.66. The molecule has 0 aliphatic heterocycles. The van der Waals surface area contributed by atoms with E-state index in [9.17, 15) is 19.1 Å². The first-order valence-electron chi connectivity index (χ1n) is 10.2. The average Bonchev–Trinajstić information content (AvgIpc) is 2.81. The maximum Gasteiger partial charge on any atom is 0.337 e. The number of anilines is 1. The van der Waals surface area contributed by atoms with Gasteiger partial charge in [-0.1, -0.05) is 12.1 Å². The third-order valence-corrected chi connectivity index (χ3v) is 5.48. The molecule has 164 valence electrons. The number of rotatable bonds is 5. The van der Waals surface area contributed by atoms with E-state index in [-0.39, 0.29) is 22.0 Å². The summed E-state index contributed by atoms with van der Waals surface area (Å²) in [5.41, 5.74) is 2.04. The fourth-order valence-corrected chi connectivity index (χ4v) is 3.78. The second-order valence-electron chi connectivity index (χ2n) is 7.66. The molecule has 0 spiro atoms. The summed E-state index contributed by atoms with van der Waals surface area (Å²) >= 11 is 0. The zero-order chi connectivity index (χ0) is 23.7. The third kappa shape index (κ3) is 4.06. The summed E-state index contributed by atoms with van der Waals surface area (Å²) in [5.74, 6) is -1.38. The Labute approximate surface area is 188 Å². The number of para-hydroxylation sites is 1. The number of hydrogen-bond donors (Lipinski definition) is 2. The van der Waals surface area contributed by atoms with Gasteiger partial charge in [0.05, 0.1) is 28.6 Å². The van der Waals surface area contributed by atoms with E-state index >= 15 is 0 Å². The van der Waals surface area contributed by atoms with Crippen molar-refractivity contribution < 1.29 is 18.7 Å². The molecule has 6 nitrogen and oxygen atoms in total. The minimum absolute atomic E-state index is 0.0700. The Morgan fingerprint density at radius 2 is 1.85 bits per heavy atom. The van der Waals surface area contributed by atoms with Crippen LogP contribution in [0.4, 0.5) is 10.1 Å². The van der Waals surface area contributed by atoms with Gasteiger partial charge in [-0.05, 0) is 62.4 Å².